The van der Waals surface area contributed by atoms with Gasteiger partial charge in [-0.05, 0) is 66.6 Å². The molecule has 3 aromatic rings. The number of ether oxygens (including phenoxy) is 4. The summed E-state index contributed by atoms with van der Waals surface area (Å²) < 4.78 is 37.5. The van der Waals surface area contributed by atoms with Gasteiger partial charge in [-0.25, -0.2) is 9.18 Å². The number of hydrogen-bond acceptors (Lipinski definition) is 5. The highest BCUT2D eigenvalue weighted by molar-refractivity contribution is 6.12. The quantitative estimate of drug-likeness (QED) is 0.215. The predicted molar refractivity (Wildman–Crippen MR) is 160 cm³/mol. The van der Waals surface area contributed by atoms with Crippen molar-refractivity contribution in [2.24, 2.45) is 0 Å². The maximum absolute atomic E-state index is 13.7. The molecule has 0 radical (unpaired) electrons. The Kier molecular flexibility index (Phi) is 10.2. The molecule has 1 aliphatic heterocycles. The van der Waals surface area contributed by atoms with Crippen LogP contribution in [0.1, 0.15) is 50.7 Å². The molecule has 1 fully saturated rings. The molecule has 1 aliphatic rings. The molecule has 3 atom stereocenters. The summed E-state index contributed by atoms with van der Waals surface area (Å²) in [5.41, 5.74) is 1.80. The number of hydrogen-bond donors (Lipinski definition) is 0. The van der Waals surface area contributed by atoms with Crippen molar-refractivity contribution in [3.63, 3.8) is 0 Å². The number of fused-ring (bicyclic) bond motifs is 1. The van der Waals surface area contributed by atoms with E-state index in [1.165, 1.54) is 12.1 Å². The molecule has 0 N–H and O–H groups in total. The fourth-order valence-electron chi connectivity index (χ4n) is 4.88. The minimum atomic E-state index is -0.516. The minimum Gasteiger partial charge on any atom is -0.493 e. The second-order valence-corrected chi connectivity index (χ2v) is 13.1. The zero-order chi connectivity index (χ0) is 28.7. The molecule has 0 saturated carbocycles. The molecule has 4 rings (SSSR count). The first-order valence-corrected chi connectivity index (χ1v) is 15.3. The Morgan fingerprint density at radius 3 is 2.60 bits per heavy atom. The zero-order valence-corrected chi connectivity index (χ0v) is 26.3. The van der Waals surface area contributed by atoms with Crippen molar-refractivity contribution < 1.29 is 28.1 Å². The van der Waals surface area contributed by atoms with Gasteiger partial charge in [-0.15, -0.1) is 0 Å². The highest BCUT2D eigenvalue weighted by Gasteiger charge is 2.36. The molecule has 216 valence electrons. The van der Waals surface area contributed by atoms with Crippen molar-refractivity contribution in [3.05, 3.63) is 77.6 Å². The summed E-state index contributed by atoms with van der Waals surface area (Å²) in [4.78, 5) is 14.9. The molecule has 8 heteroatoms. The smallest absolute Gasteiger partial charge is 0.410 e. The molecular formula is C32H42FNO5Si. The molecular weight excluding hydrogens is 525 g/mol. The largest absolute Gasteiger partial charge is 0.493 e. The molecule has 0 aromatic heterocycles. The summed E-state index contributed by atoms with van der Waals surface area (Å²) in [5, 5.41) is 2.13. The number of likely N-dealkylation sites (tertiary alicyclic amines) is 1. The summed E-state index contributed by atoms with van der Waals surface area (Å²) in [6, 6.07) is 18.9. The monoisotopic (exact) mass is 567 g/mol. The molecule has 1 heterocycles. The third-order valence-corrected chi connectivity index (χ3v) is 9.34. The SMILES string of the molecule is COCCCOc1cc(COC2CN(C(=O)OC(C)(C)C(C)[SiH3])CCC2c2ccc(F)cc2)cc2ccccc12. The van der Waals surface area contributed by atoms with Gasteiger partial charge in [0.05, 0.1) is 25.9 Å². The maximum atomic E-state index is 13.7. The van der Waals surface area contributed by atoms with E-state index in [4.69, 9.17) is 18.9 Å². The number of carbonyl (C=O) groups excluding carboxylic acids is 1. The van der Waals surface area contributed by atoms with E-state index in [1.807, 2.05) is 44.2 Å². The van der Waals surface area contributed by atoms with E-state index in [1.54, 1.807) is 12.0 Å². The minimum absolute atomic E-state index is 0.0281. The summed E-state index contributed by atoms with van der Waals surface area (Å²) in [5.74, 6) is 0.576. The summed E-state index contributed by atoms with van der Waals surface area (Å²) in [7, 11) is 2.62. The van der Waals surface area contributed by atoms with Crippen molar-refractivity contribution in [1.82, 2.24) is 4.90 Å². The van der Waals surface area contributed by atoms with E-state index < -0.39 is 5.60 Å². The van der Waals surface area contributed by atoms with Gasteiger partial charge in [0.25, 0.3) is 0 Å². The van der Waals surface area contributed by atoms with Gasteiger partial charge in [0.15, 0.2) is 0 Å². The lowest BCUT2D eigenvalue weighted by Crippen LogP contribution is -2.49. The average molecular weight is 568 g/mol. The molecule has 0 spiro atoms. The second kappa shape index (κ2) is 13.6. The van der Waals surface area contributed by atoms with Gasteiger partial charge in [-0.2, -0.15) is 0 Å². The predicted octanol–water partition coefficient (Wildman–Crippen LogP) is 5.86. The number of piperidine rings is 1. The summed E-state index contributed by atoms with van der Waals surface area (Å²) in [6.07, 6.45) is 0.917. The van der Waals surface area contributed by atoms with Gasteiger partial charge in [0.1, 0.15) is 17.2 Å². The lowest BCUT2D eigenvalue weighted by atomic mass is 9.87. The van der Waals surface area contributed by atoms with Crippen LogP contribution in [-0.2, 0) is 20.8 Å². The third kappa shape index (κ3) is 7.62. The van der Waals surface area contributed by atoms with E-state index >= 15 is 0 Å². The number of halogens is 1. The lowest BCUT2D eigenvalue weighted by molar-refractivity contribution is -0.0393. The van der Waals surface area contributed by atoms with Crippen molar-refractivity contribution >= 4 is 27.1 Å². The van der Waals surface area contributed by atoms with Crippen LogP contribution in [0, 0.1) is 5.82 Å². The Labute approximate surface area is 240 Å². The highest BCUT2D eigenvalue weighted by Crippen LogP contribution is 2.34. The number of methoxy groups -OCH3 is 1. The van der Waals surface area contributed by atoms with Gasteiger partial charge in [0, 0.05) is 48.2 Å². The molecule has 0 bridgehead atoms. The normalized spacial score (nSPS) is 18.6. The zero-order valence-electron chi connectivity index (χ0n) is 24.3. The first-order chi connectivity index (χ1) is 19.2. The first kappa shape index (κ1) is 30.0. The Morgan fingerprint density at radius 2 is 1.88 bits per heavy atom. The van der Waals surface area contributed by atoms with Gasteiger partial charge >= 0.3 is 6.09 Å². The first-order valence-electron chi connectivity index (χ1n) is 14.2. The van der Waals surface area contributed by atoms with E-state index in [0.717, 1.165) is 44.3 Å². The number of nitrogens with zero attached hydrogens (tertiary/aromatic N) is 1. The molecule has 0 aliphatic carbocycles. The molecule has 40 heavy (non-hydrogen) atoms. The third-order valence-electron chi connectivity index (χ3n) is 7.95. The maximum Gasteiger partial charge on any atom is 0.410 e. The molecule has 1 amide bonds. The second-order valence-electron chi connectivity index (χ2n) is 11.4. The van der Waals surface area contributed by atoms with Crippen LogP contribution in [0.25, 0.3) is 10.8 Å². The number of amides is 1. The highest BCUT2D eigenvalue weighted by atomic mass is 28.1. The molecule has 3 aromatic carbocycles. The van der Waals surface area contributed by atoms with Crippen molar-refractivity contribution in [2.45, 2.75) is 63.4 Å². The van der Waals surface area contributed by atoms with Crippen LogP contribution in [-0.4, -0.2) is 66.4 Å². The number of carbonyl (C=O) groups is 1. The van der Waals surface area contributed by atoms with Gasteiger partial charge < -0.3 is 23.8 Å². The van der Waals surface area contributed by atoms with Crippen LogP contribution < -0.4 is 4.74 Å². The fourth-order valence-corrected chi connectivity index (χ4v) is 4.99. The fraction of sp³-hybridized carbons (Fsp3) is 0.469. The van der Waals surface area contributed by atoms with Crippen LogP contribution in [0.2, 0.25) is 5.54 Å². The molecule has 3 unspecified atom stereocenters. The van der Waals surface area contributed by atoms with Crippen molar-refractivity contribution in [3.8, 4) is 5.75 Å². The molecule has 1 saturated heterocycles. The van der Waals surface area contributed by atoms with Gasteiger partial charge in [-0.1, -0.05) is 43.3 Å². The molecule has 6 nitrogen and oxygen atoms in total. The Bertz CT molecular complexity index is 1270. The van der Waals surface area contributed by atoms with Crippen LogP contribution in [0.3, 0.4) is 0 Å². The van der Waals surface area contributed by atoms with Crippen molar-refractivity contribution in [1.29, 1.82) is 0 Å². The summed E-state index contributed by atoms with van der Waals surface area (Å²) in [6.45, 7) is 8.56. The number of rotatable bonds is 11. The van der Waals surface area contributed by atoms with Crippen LogP contribution in [0.4, 0.5) is 9.18 Å². The average Bonchev–Trinajstić information content (AvgIpc) is 2.94. The van der Waals surface area contributed by atoms with E-state index in [0.29, 0.717) is 44.9 Å². The van der Waals surface area contributed by atoms with E-state index in [2.05, 4.69) is 25.1 Å². The van der Waals surface area contributed by atoms with E-state index in [-0.39, 0.29) is 23.9 Å². The van der Waals surface area contributed by atoms with Gasteiger partial charge in [0.2, 0.25) is 0 Å². The van der Waals surface area contributed by atoms with Crippen LogP contribution in [0.5, 0.6) is 5.75 Å². The van der Waals surface area contributed by atoms with Crippen LogP contribution >= 0.6 is 0 Å². The topological polar surface area (TPSA) is 57.2 Å². The van der Waals surface area contributed by atoms with Gasteiger partial charge in [-0.3, -0.25) is 0 Å². The summed E-state index contributed by atoms with van der Waals surface area (Å²) >= 11 is 0. The standard InChI is InChI=1S/C32H42FNO5Si/c1-22(40)32(2,3)39-31(35)34-15-14-28(24-10-12-26(33)13-11-24)30(20-34)38-21-23-18-25-8-5-6-9-27(25)29(19-23)37-17-7-16-36-4/h5-6,8-13,18-19,22,28,30H,7,14-17,20-21H2,1-4,40H3. The van der Waals surface area contributed by atoms with E-state index in [9.17, 15) is 9.18 Å². The Balaban J connectivity index is 1.54. The van der Waals surface area contributed by atoms with Crippen molar-refractivity contribution in [2.75, 3.05) is 33.4 Å². The van der Waals surface area contributed by atoms with Crippen LogP contribution in [0.15, 0.2) is 60.7 Å². The Hall–Kier alpha value is -2.94. The lowest BCUT2D eigenvalue weighted by Gasteiger charge is -2.40. The Morgan fingerprint density at radius 1 is 1.12 bits per heavy atom. The number of benzene rings is 3.